The van der Waals surface area contributed by atoms with Crippen LogP contribution in [0.4, 0.5) is 17.1 Å². The minimum Gasteiger partial charge on any atom is -0.348 e. The highest BCUT2D eigenvalue weighted by Gasteiger charge is 2.22. The molecule has 0 spiro atoms. The lowest BCUT2D eigenvalue weighted by molar-refractivity contribution is -0.383. The zero-order valence-corrected chi connectivity index (χ0v) is 20.5. The van der Waals surface area contributed by atoms with Gasteiger partial charge in [-0.1, -0.05) is 84.0 Å². The fourth-order valence-corrected chi connectivity index (χ4v) is 3.88. The third kappa shape index (κ3) is 5.16. The van der Waals surface area contributed by atoms with E-state index in [4.69, 9.17) is 0 Å². The molecule has 0 aliphatic rings. The number of rotatable bonds is 4. The average molecular weight is 481 g/mol. The first-order chi connectivity index (χ1) is 14.4. The number of nitro groups is 1. The molecule has 3 aromatic carbocycles. The Balaban J connectivity index is 2.22. The molecule has 0 fully saturated rings. The molecule has 0 radical (unpaired) electrons. The molecule has 0 aromatic heterocycles. The smallest absolute Gasteiger partial charge is 0.292 e. The van der Waals surface area contributed by atoms with Crippen molar-refractivity contribution in [2.75, 3.05) is 5.32 Å². The van der Waals surface area contributed by atoms with Gasteiger partial charge in [-0.3, -0.25) is 10.1 Å². The van der Waals surface area contributed by atoms with E-state index in [-0.39, 0.29) is 21.4 Å². The number of hydrogen-bond donors (Lipinski definition) is 1. The number of anilines is 2. The van der Waals surface area contributed by atoms with Crippen molar-refractivity contribution in [1.82, 2.24) is 0 Å². The molecule has 3 rings (SSSR count). The van der Waals surface area contributed by atoms with Gasteiger partial charge in [-0.05, 0) is 55.6 Å². The van der Waals surface area contributed by atoms with Crippen molar-refractivity contribution in [1.29, 1.82) is 0 Å². The summed E-state index contributed by atoms with van der Waals surface area (Å²) in [7, 11) is 0. The summed E-state index contributed by atoms with van der Waals surface area (Å²) in [5, 5.41) is 14.8. The van der Waals surface area contributed by atoms with Crippen LogP contribution in [0.3, 0.4) is 0 Å². The maximum Gasteiger partial charge on any atom is 0.292 e. The van der Waals surface area contributed by atoms with Crippen molar-refractivity contribution in [3.05, 3.63) is 86.4 Å². The van der Waals surface area contributed by atoms with Crippen LogP contribution >= 0.6 is 15.9 Å². The predicted octanol–water partition coefficient (Wildman–Crippen LogP) is 8.36. The molecule has 0 bridgehead atoms. The number of halogens is 1. The van der Waals surface area contributed by atoms with Gasteiger partial charge in [-0.15, -0.1) is 0 Å². The molecule has 0 saturated heterocycles. The standard InChI is InChI=1S/C26H29BrN2O2/c1-25(2,3)18-14-17(15-19(16-18)26(4,5)6)20-10-9-11-21(27)24(20)28-22-12-7-8-13-23(22)29(30)31/h7-16,28H,1-6H3. The summed E-state index contributed by atoms with van der Waals surface area (Å²) in [6.45, 7) is 13.3. The monoisotopic (exact) mass is 480 g/mol. The number of nitro benzene ring substituents is 1. The van der Waals surface area contributed by atoms with E-state index in [1.807, 2.05) is 12.1 Å². The third-order valence-corrected chi connectivity index (χ3v) is 6.01. The van der Waals surface area contributed by atoms with Gasteiger partial charge < -0.3 is 5.32 Å². The van der Waals surface area contributed by atoms with Gasteiger partial charge in [-0.25, -0.2) is 0 Å². The molecular weight excluding hydrogens is 452 g/mol. The molecule has 0 aliphatic carbocycles. The first kappa shape index (κ1) is 23.0. The number of nitrogens with zero attached hydrogens (tertiary/aromatic N) is 1. The number of para-hydroxylation sites is 3. The van der Waals surface area contributed by atoms with E-state index >= 15 is 0 Å². The highest BCUT2D eigenvalue weighted by Crippen LogP contribution is 2.41. The quantitative estimate of drug-likeness (QED) is 0.301. The van der Waals surface area contributed by atoms with Crippen molar-refractivity contribution in [3.63, 3.8) is 0 Å². The minimum absolute atomic E-state index is 0.00612. The Hall–Kier alpha value is -2.66. The average Bonchev–Trinajstić information content (AvgIpc) is 2.68. The second kappa shape index (κ2) is 8.46. The van der Waals surface area contributed by atoms with E-state index < -0.39 is 0 Å². The van der Waals surface area contributed by atoms with Crippen LogP contribution in [-0.4, -0.2) is 4.92 Å². The van der Waals surface area contributed by atoms with Crippen LogP contribution in [0.5, 0.6) is 0 Å². The molecule has 0 saturated carbocycles. The summed E-state index contributed by atoms with van der Waals surface area (Å²) < 4.78 is 0.849. The summed E-state index contributed by atoms with van der Waals surface area (Å²) in [6, 6.07) is 19.4. The Kier molecular flexibility index (Phi) is 6.28. The first-order valence-electron chi connectivity index (χ1n) is 10.3. The minimum atomic E-state index is -0.364. The summed E-state index contributed by atoms with van der Waals surface area (Å²) in [6.07, 6.45) is 0. The zero-order chi connectivity index (χ0) is 23.0. The van der Waals surface area contributed by atoms with E-state index in [2.05, 4.69) is 87.1 Å². The lowest BCUT2D eigenvalue weighted by Gasteiger charge is -2.27. The Morgan fingerprint density at radius 2 is 1.42 bits per heavy atom. The van der Waals surface area contributed by atoms with Gasteiger partial charge >= 0.3 is 0 Å². The van der Waals surface area contributed by atoms with Gasteiger partial charge in [0.25, 0.3) is 5.69 Å². The van der Waals surface area contributed by atoms with Crippen LogP contribution < -0.4 is 5.32 Å². The molecule has 3 aromatic rings. The lowest BCUT2D eigenvalue weighted by Crippen LogP contribution is -2.16. The fraction of sp³-hybridized carbons (Fsp3) is 0.308. The molecule has 1 N–H and O–H groups in total. The number of benzene rings is 3. The van der Waals surface area contributed by atoms with E-state index in [1.54, 1.807) is 18.2 Å². The molecule has 0 unspecified atom stereocenters. The van der Waals surface area contributed by atoms with Crippen molar-refractivity contribution >= 4 is 33.0 Å². The Morgan fingerprint density at radius 1 is 0.839 bits per heavy atom. The van der Waals surface area contributed by atoms with Gasteiger partial charge in [-0.2, -0.15) is 0 Å². The Labute approximate surface area is 193 Å². The van der Waals surface area contributed by atoms with Crippen LogP contribution in [0.15, 0.2) is 65.1 Å². The SMILES string of the molecule is CC(C)(C)c1cc(-c2cccc(Br)c2Nc2ccccc2[N+](=O)[O-])cc(C(C)(C)C)c1. The highest BCUT2D eigenvalue weighted by molar-refractivity contribution is 9.10. The summed E-state index contributed by atoms with van der Waals surface area (Å²) in [4.78, 5) is 11.2. The Bertz CT molecular complexity index is 1090. The first-order valence-corrected chi connectivity index (χ1v) is 11.1. The third-order valence-electron chi connectivity index (χ3n) is 5.35. The van der Waals surface area contributed by atoms with Gasteiger partial charge in [0.2, 0.25) is 0 Å². The van der Waals surface area contributed by atoms with Gasteiger partial charge in [0.1, 0.15) is 5.69 Å². The van der Waals surface area contributed by atoms with E-state index in [0.29, 0.717) is 5.69 Å². The molecule has 4 nitrogen and oxygen atoms in total. The van der Waals surface area contributed by atoms with Crippen LogP contribution in [-0.2, 0) is 10.8 Å². The van der Waals surface area contributed by atoms with E-state index in [0.717, 1.165) is 21.3 Å². The molecule has 0 amide bonds. The van der Waals surface area contributed by atoms with Crippen LogP contribution in [0.1, 0.15) is 52.7 Å². The molecule has 5 heteroatoms. The topological polar surface area (TPSA) is 55.2 Å². The maximum absolute atomic E-state index is 11.5. The molecule has 0 heterocycles. The van der Waals surface area contributed by atoms with E-state index in [1.165, 1.54) is 17.2 Å². The normalized spacial score (nSPS) is 12.0. The van der Waals surface area contributed by atoms with Crippen LogP contribution in [0, 0.1) is 10.1 Å². The van der Waals surface area contributed by atoms with Crippen LogP contribution in [0.25, 0.3) is 11.1 Å². The number of hydrogen-bond acceptors (Lipinski definition) is 3. The van der Waals surface area contributed by atoms with Crippen molar-refractivity contribution in [2.45, 2.75) is 52.4 Å². The van der Waals surface area contributed by atoms with Crippen molar-refractivity contribution < 1.29 is 4.92 Å². The summed E-state index contributed by atoms with van der Waals surface area (Å²) in [5.74, 6) is 0. The van der Waals surface area contributed by atoms with Crippen molar-refractivity contribution in [2.24, 2.45) is 0 Å². The largest absolute Gasteiger partial charge is 0.348 e. The summed E-state index contributed by atoms with van der Waals surface area (Å²) in [5.41, 5.74) is 5.89. The molecular formula is C26H29BrN2O2. The predicted molar refractivity (Wildman–Crippen MR) is 133 cm³/mol. The zero-order valence-electron chi connectivity index (χ0n) is 18.9. The second-order valence-corrected chi connectivity index (χ2v) is 10.7. The molecule has 162 valence electrons. The molecule has 0 aliphatic heterocycles. The molecule has 0 atom stereocenters. The second-order valence-electron chi connectivity index (χ2n) is 9.86. The van der Waals surface area contributed by atoms with Crippen molar-refractivity contribution in [3.8, 4) is 11.1 Å². The van der Waals surface area contributed by atoms with E-state index in [9.17, 15) is 10.1 Å². The Morgan fingerprint density at radius 3 is 1.97 bits per heavy atom. The highest BCUT2D eigenvalue weighted by atomic mass is 79.9. The fourth-order valence-electron chi connectivity index (χ4n) is 3.41. The molecule has 31 heavy (non-hydrogen) atoms. The van der Waals surface area contributed by atoms with Gasteiger partial charge in [0.05, 0.1) is 10.6 Å². The summed E-state index contributed by atoms with van der Waals surface area (Å²) >= 11 is 3.65. The van der Waals surface area contributed by atoms with Gasteiger partial charge in [0, 0.05) is 16.1 Å². The maximum atomic E-state index is 11.5. The van der Waals surface area contributed by atoms with Gasteiger partial charge in [0.15, 0.2) is 0 Å². The number of nitrogens with one attached hydrogen (secondary N) is 1. The van der Waals surface area contributed by atoms with Crippen LogP contribution in [0.2, 0.25) is 0 Å². The lowest BCUT2D eigenvalue weighted by atomic mass is 9.79.